The molecule has 2 aromatic rings. The molecule has 0 aromatic heterocycles. The number of sulfonamides is 1. The van der Waals surface area contributed by atoms with E-state index in [4.69, 9.17) is 4.74 Å². The molecule has 0 heterocycles. The molecule has 7 heteroatoms. The van der Waals surface area contributed by atoms with E-state index in [1.54, 1.807) is 32.2 Å². The van der Waals surface area contributed by atoms with E-state index < -0.39 is 10.0 Å². The van der Waals surface area contributed by atoms with Crippen LogP contribution in [0.2, 0.25) is 0 Å². The number of ether oxygens (including phenoxy) is 1. The van der Waals surface area contributed by atoms with Crippen LogP contribution >= 0.6 is 0 Å². The van der Waals surface area contributed by atoms with E-state index >= 15 is 0 Å². The van der Waals surface area contributed by atoms with Crippen molar-refractivity contribution in [3.63, 3.8) is 0 Å². The van der Waals surface area contributed by atoms with Crippen LogP contribution < -0.4 is 14.8 Å². The summed E-state index contributed by atoms with van der Waals surface area (Å²) in [5.74, 6) is 0.442. The third kappa shape index (κ3) is 5.22. The maximum absolute atomic E-state index is 12.4. The number of carbonyl (C=O) groups excluding carboxylic acids is 1. The molecule has 134 valence electrons. The van der Waals surface area contributed by atoms with Crippen LogP contribution in [0.5, 0.6) is 5.75 Å². The molecule has 0 bridgehead atoms. The van der Waals surface area contributed by atoms with Gasteiger partial charge in [-0.15, -0.1) is 0 Å². The third-order valence-electron chi connectivity index (χ3n) is 3.74. The normalized spacial score (nSPS) is 12.3. The van der Waals surface area contributed by atoms with Crippen molar-refractivity contribution in [3.8, 4) is 5.75 Å². The lowest BCUT2D eigenvalue weighted by Gasteiger charge is -2.15. The second-order valence-electron chi connectivity index (χ2n) is 5.55. The van der Waals surface area contributed by atoms with Crippen molar-refractivity contribution in [2.24, 2.45) is 0 Å². The molecule has 2 rings (SSSR count). The monoisotopic (exact) mass is 362 g/mol. The summed E-state index contributed by atoms with van der Waals surface area (Å²) in [5.41, 5.74) is 1.69. The molecule has 1 amide bonds. The van der Waals surface area contributed by atoms with Gasteiger partial charge >= 0.3 is 0 Å². The molecule has 1 atom stereocenters. The van der Waals surface area contributed by atoms with Gasteiger partial charge in [-0.1, -0.05) is 18.2 Å². The van der Waals surface area contributed by atoms with Gasteiger partial charge in [0.25, 0.3) is 5.91 Å². The Bertz CT molecular complexity index is 832. The summed E-state index contributed by atoms with van der Waals surface area (Å²) >= 11 is 0. The molecule has 6 nitrogen and oxygen atoms in total. The van der Waals surface area contributed by atoms with Crippen molar-refractivity contribution < 1.29 is 17.9 Å². The minimum Gasteiger partial charge on any atom is -0.497 e. The first-order valence-corrected chi connectivity index (χ1v) is 9.55. The Balaban J connectivity index is 2.09. The van der Waals surface area contributed by atoms with Gasteiger partial charge in [0.2, 0.25) is 10.0 Å². The van der Waals surface area contributed by atoms with Crippen LogP contribution in [0.25, 0.3) is 0 Å². The van der Waals surface area contributed by atoms with Gasteiger partial charge < -0.3 is 10.1 Å². The summed E-state index contributed by atoms with van der Waals surface area (Å²) in [5, 5.41) is 2.90. The fourth-order valence-corrected chi connectivity index (χ4v) is 2.86. The molecule has 0 saturated carbocycles. The van der Waals surface area contributed by atoms with E-state index in [1.807, 2.05) is 31.2 Å². The standard InChI is InChI=1S/C18H22N2O4S/c1-4-25(22,23)20-16-7-5-6-15(12-16)18(21)19-13(2)14-8-10-17(24-3)11-9-14/h5-13,20H,4H2,1-3H3,(H,19,21). The zero-order valence-corrected chi connectivity index (χ0v) is 15.3. The van der Waals surface area contributed by atoms with Crippen molar-refractivity contribution in [2.75, 3.05) is 17.6 Å². The van der Waals surface area contributed by atoms with Gasteiger partial charge in [-0.2, -0.15) is 0 Å². The molecular weight excluding hydrogens is 340 g/mol. The highest BCUT2D eigenvalue weighted by Crippen LogP contribution is 2.18. The summed E-state index contributed by atoms with van der Waals surface area (Å²) in [6.45, 7) is 3.43. The molecule has 0 aliphatic carbocycles. The van der Waals surface area contributed by atoms with Crippen LogP contribution in [0.15, 0.2) is 48.5 Å². The summed E-state index contributed by atoms with van der Waals surface area (Å²) < 4.78 is 30.8. The maximum atomic E-state index is 12.4. The lowest BCUT2D eigenvalue weighted by Crippen LogP contribution is -2.26. The highest BCUT2D eigenvalue weighted by atomic mass is 32.2. The van der Waals surface area contributed by atoms with Crippen molar-refractivity contribution in [3.05, 3.63) is 59.7 Å². The summed E-state index contributed by atoms with van der Waals surface area (Å²) in [7, 11) is -1.78. The molecule has 1 unspecified atom stereocenters. The highest BCUT2D eigenvalue weighted by molar-refractivity contribution is 7.92. The number of rotatable bonds is 7. The second kappa shape index (κ2) is 8.02. The largest absolute Gasteiger partial charge is 0.497 e. The third-order valence-corrected chi connectivity index (χ3v) is 5.05. The lowest BCUT2D eigenvalue weighted by molar-refractivity contribution is 0.0940. The van der Waals surface area contributed by atoms with Gasteiger partial charge in [-0.25, -0.2) is 8.42 Å². The zero-order chi connectivity index (χ0) is 18.4. The fourth-order valence-electron chi connectivity index (χ4n) is 2.23. The summed E-state index contributed by atoms with van der Waals surface area (Å²) in [4.78, 5) is 12.4. The van der Waals surface area contributed by atoms with Crippen molar-refractivity contribution in [1.82, 2.24) is 5.32 Å². The number of anilines is 1. The smallest absolute Gasteiger partial charge is 0.251 e. The average Bonchev–Trinajstić information content (AvgIpc) is 2.61. The van der Waals surface area contributed by atoms with Crippen LogP contribution in [-0.4, -0.2) is 27.2 Å². The molecule has 0 aliphatic heterocycles. The number of amides is 1. The number of methoxy groups -OCH3 is 1. The van der Waals surface area contributed by atoms with Gasteiger partial charge in [-0.3, -0.25) is 9.52 Å². The number of benzene rings is 2. The van der Waals surface area contributed by atoms with Gasteiger partial charge in [0.1, 0.15) is 5.75 Å². The number of hydrogen-bond acceptors (Lipinski definition) is 4. The average molecular weight is 362 g/mol. The zero-order valence-electron chi connectivity index (χ0n) is 14.4. The Hall–Kier alpha value is -2.54. The number of nitrogens with one attached hydrogen (secondary N) is 2. The minimum absolute atomic E-state index is 0.0298. The molecule has 0 fully saturated rings. The highest BCUT2D eigenvalue weighted by Gasteiger charge is 2.13. The summed E-state index contributed by atoms with van der Waals surface area (Å²) in [6, 6.07) is 13.6. The van der Waals surface area contributed by atoms with E-state index in [0.29, 0.717) is 11.3 Å². The molecule has 0 spiro atoms. The fraction of sp³-hybridized carbons (Fsp3) is 0.278. The van der Waals surface area contributed by atoms with Crippen molar-refractivity contribution in [2.45, 2.75) is 19.9 Å². The quantitative estimate of drug-likeness (QED) is 0.793. The van der Waals surface area contributed by atoms with E-state index in [9.17, 15) is 13.2 Å². The molecular formula is C18H22N2O4S. The minimum atomic E-state index is -3.38. The Morgan fingerprint density at radius 1 is 1.16 bits per heavy atom. The van der Waals surface area contributed by atoms with Crippen molar-refractivity contribution >= 4 is 21.6 Å². The van der Waals surface area contributed by atoms with Crippen LogP contribution in [0.1, 0.15) is 35.8 Å². The van der Waals surface area contributed by atoms with Crippen LogP contribution in [0, 0.1) is 0 Å². The van der Waals surface area contributed by atoms with E-state index in [1.165, 1.54) is 6.07 Å². The predicted octanol–water partition coefficient (Wildman–Crippen LogP) is 2.95. The molecule has 25 heavy (non-hydrogen) atoms. The van der Waals surface area contributed by atoms with Gasteiger partial charge in [0.15, 0.2) is 0 Å². The molecule has 0 radical (unpaired) electrons. The van der Waals surface area contributed by atoms with E-state index in [2.05, 4.69) is 10.0 Å². The second-order valence-corrected chi connectivity index (χ2v) is 7.57. The van der Waals surface area contributed by atoms with Crippen LogP contribution in [-0.2, 0) is 10.0 Å². The first kappa shape index (κ1) is 18.8. The van der Waals surface area contributed by atoms with Gasteiger partial charge in [0, 0.05) is 11.3 Å². The molecule has 0 saturated heterocycles. The van der Waals surface area contributed by atoms with Gasteiger partial charge in [0.05, 0.1) is 18.9 Å². The maximum Gasteiger partial charge on any atom is 0.251 e. The first-order chi connectivity index (χ1) is 11.8. The van der Waals surface area contributed by atoms with Gasteiger partial charge in [-0.05, 0) is 49.7 Å². The summed E-state index contributed by atoms with van der Waals surface area (Å²) in [6.07, 6.45) is 0. The topological polar surface area (TPSA) is 84.5 Å². The van der Waals surface area contributed by atoms with E-state index in [0.717, 1.165) is 11.3 Å². The van der Waals surface area contributed by atoms with E-state index in [-0.39, 0.29) is 17.7 Å². The molecule has 2 N–H and O–H groups in total. The Kier molecular flexibility index (Phi) is 6.03. The predicted molar refractivity (Wildman–Crippen MR) is 98.4 cm³/mol. The van der Waals surface area contributed by atoms with Crippen LogP contribution in [0.4, 0.5) is 5.69 Å². The lowest BCUT2D eigenvalue weighted by atomic mass is 10.1. The van der Waals surface area contributed by atoms with Crippen LogP contribution in [0.3, 0.4) is 0 Å². The SMILES string of the molecule is CCS(=O)(=O)Nc1cccc(C(=O)NC(C)c2ccc(OC)cc2)c1. The molecule has 0 aliphatic rings. The number of carbonyl (C=O) groups is 1. The first-order valence-electron chi connectivity index (χ1n) is 7.90. The number of hydrogen-bond donors (Lipinski definition) is 2. The Morgan fingerprint density at radius 3 is 2.44 bits per heavy atom. The van der Waals surface area contributed by atoms with Crippen molar-refractivity contribution in [1.29, 1.82) is 0 Å². The molecule has 2 aromatic carbocycles. The Labute approximate surface area is 148 Å². The Morgan fingerprint density at radius 2 is 1.84 bits per heavy atom.